The molecule has 0 N–H and O–H groups in total. The number of hydrogen-bond acceptors (Lipinski definition) is 1. The van der Waals surface area contributed by atoms with Gasteiger partial charge in [-0.2, -0.15) is 0 Å². The Morgan fingerprint density at radius 1 is 1.55 bits per heavy atom. The summed E-state index contributed by atoms with van der Waals surface area (Å²) < 4.78 is 0. The van der Waals surface area contributed by atoms with Gasteiger partial charge in [0.15, 0.2) is 0 Å². The molecule has 0 unspecified atom stereocenters. The zero-order chi connectivity index (χ0) is 8.43. The molecule has 1 amide bonds. The van der Waals surface area contributed by atoms with Crippen molar-refractivity contribution in [3.8, 4) is 0 Å². The first kappa shape index (κ1) is 8.53. The maximum absolute atomic E-state index is 11.0. The number of amides is 1. The van der Waals surface area contributed by atoms with E-state index in [2.05, 4.69) is 5.32 Å². The Labute approximate surface area is 67.8 Å². The number of carbonyl (C=O) groups excluding carboxylic acids is 1. The van der Waals surface area contributed by atoms with Crippen molar-refractivity contribution >= 4 is 5.91 Å². The molecule has 1 fully saturated rings. The van der Waals surface area contributed by atoms with E-state index in [9.17, 15) is 4.79 Å². The van der Waals surface area contributed by atoms with Crippen molar-refractivity contribution in [2.45, 2.75) is 32.9 Å². The van der Waals surface area contributed by atoms with Gasteiger partial charge in [-0.25, -0.2) is 5.32 Å². The Bertz CT molecular complexity index is 158. The summed E-state index contributed by atoms with van der Waals surface area (Å²) in [7, 11) is 0. The van der Waals surface area contributed by atoms with Gasteiger partial charge in [0.05, 0.1) is 0 Å². The van der Waals surface area contributed by atoms with Crippen molar-refractivity contribution in [3.63, 3.8) is 0 Å². The number of hydrogen-bond donors (Lipinski definition) is 0. The zero-order valence-electron chi connectivity index (χ0n) is 7.37. The molecule has 1 heterocycles. The minimum atomic E-state index is 0.166. The minimum absolute atomic E-state index is 0.166. The lowest BCUT2D eigenvalue weighted by molar-refractivity contribution is -0.132. The van der Waals surface area contributed by atoms with Crippen molar-refractivity contribution in [1.29, 1.82) is 0 Å². The fourth-order valence-electron chi connectivity index (χ4n) is 1.39. The van der Waals surface area contributed by atoms with Crippen LogP contribution in [0.5, 0.6) is 0 Å². The molecule has 1 saturated heterocycles. The van der Waals surface area contributed by atoms with E-state index in [1.807, 2.05) is 18.7 Å². The van der Waals surface area contributed by atoms with Crippen molar-refractivity contribution in [2.75, 3.05) is 13.1 Å². The van der Waals surface area contributed by atoms with Gasteiger partial charge in [0, 0.05) is 32.1 Å². The molecular weight excluding hydrogens is 140 g/mol. The van der Waals surface area contributed by atoms with Crippen LogP contribution in [0.1, 0.15) is 20.8 Å². The van der Waals surface area contributed by atoms with E-state index in [0.29, 0.717) is 12.1 Å². The Balaban J connectivity index is 2.54. The lowest BCUT2D eigenvalue weighted by Gasteiger charge is -2.35. The molecule has 63 valence electrons. The first-order valence-electron chi connectivity index (χ1n) is 4.05. The quantitative estimate of drug-likeness (QED) is 0.493. The first-order chi connectivity index (χ1) is 5.11. The largest absolute Gasteiger partial charge is 0.337 e. The van der Waals surface area contributed by atoms with Crippen LogP contribution in [-0.2, 0) is 4.79 Å². The monoisotopic (exact) mass is 155 g/mol. The fraction of sp³-hybridized carbons (Fsp3) is 0.875. The molecule has 1 aliphatic rings. The second-order valence-electron chi connectivity index (χ2n) is 3.23. The van der Waals surface area contributed by atoms with Gasteiger partial charge in [0.1, 0.15) is 0 Å². The Morgan fingerprint density at radius 2 is 2.18 bits per heavy atom. The third-order valence-corrected chi connectivity index (χ3v) is 2.08. The van der Waals surface area contributed by atoms with Crippen LogP contribution >= 0.6 is 0 Å². The summed E-state index contributed by atoms with van der Waals surface area (Å²) in [5, 5.41) is 4.35. The molecule has 1 radical (unpaired) electrons. The molecule has 0 aromatic rings. The molecule has 0 spiro atoms. The summed E-state index contributed by atoms with van der Waals surface area (Å²) in [5.74, 6) is 0.166. The van der Waals surface area contributed by atoms with Crippen LogP contribution in [0.3, 0.4) is 0 Å². The lowest BCUT2D eigenvalue weighted by atomic mass is 10.1. The standard InChI is InChI=1S/C8H15N2O/c1-6-5-10(8(3)11)7(2)4-9-6/h6-7H,4-5H2,1-3H3/t6-,7+/m0/s1. The highest BCUT2D eigenvalue weighted by Gasteiger charge is 2.24. The summed E-state index contributed by atoms with van der Waals surface area (Å²) in [4.78, 5) is 12.9. The number of rotatable bonds is 0. The minimum Gasteiger partial charge on any atom is -0.337 e. The second-order valence-corrected chi connectivity index (χ2v) is 3.23. The number of carbonyl (C=O) groups is 1. The van der Waals surface area contributed by atoms with E-state index >= 15 is 0 Å². The molecular formula is C8H15N2O. The van der Waals surface area contributed by atoms with Gasteiger partial charge in [-0.15, -0.1) is 0 Å². The molecule has 3 heteroatoms. The molecule has 0 aliphatic carbocycles. The molecule has 2 atom stereocenters. The van der Waals surface area contributed by atoms with E-state index in [0.717, 1.165) is 13.1 Å². The average Bonchev–Trinajstić information content (AvgIpc) is 1.94. The van der Waals surface area contributed by atoms with Gasteiger partial charge >= 0.3 is 0 Å². The van der Waals surface area contributed by atoms with Gasteiger partial charge in [0.2, 0.25) is 5.91 Å². The summed E-state index contributed by atoms with van der Waals surface area (Å²) in [5.41, 5.74) is 0. The average molecular weight is 155 g/mol. The van der Waals surface area contributed by atoms with Crippen LogP contribution in [0.4, 0.5) is 0 Å². The number of piperazine rings is 1. The van der Waals surface area contributed by atoms with Crippen LogP contribution in [-0.4, -0.2) is 36.0 Å². The van der Waals surface area contributed by atoms with Crippen LogP contribution < -0.4 is 5.32 Å². The van der Waals surface area contributed by atoms with Crippen LogP contribution in [0.2, 0.25) is 0 Å². The highest BCUT2D eigenvalue weighted by atomic mass is 16.2. The molecule has 0 aromatic heterocycles. The van der Waals surface area contributed by atoms with Crippen molar-refractivity contribution in [2.24, 2.45) is 0 Å². The lowest BCUT2D eigenvalue weighted by Crippen LogP contribution is -2.52. The Kier molecular flexibility index (Phi) is 2.49. The maximum atomic E-state index is 11.0. The molecule has 1 aliphatic heterocycles. The molecule has 1 rings (SSSR count). The smallest absolute Gasteiger partial charge is 0.219 e. The Hall–Kier alpha value is -0.570. The molecule has 0 bridgehead atoms. The predicted octanol–water partition coefficient (Wildman–Crippen LogP) is 0.230. The van der Waals surface area contributed by atoms with E-state index in [4.69, 9.17) is 0 Å². The summed E-state index contributed by atoms with van der Waals surface area (Å²) >= 11 is 0. The van der Waals surface area contributed by atoms with Gasteiger partial charge in [0.25, 0.3) is 0 Å². The van der Waals surface area contributed by atoms with Crippen LogP contribution in [0.25, 0.3) is 0 Å². The van der Waals surface area contributed by atoms with Crippen molar-refractivity contribution in [3.05, 3.63) is 0 Å². The fourth-order valence-corrected chi connectivity index (χ4v) is 1.39. The normalized spacial score (nSPS) is 32.1. The molecule has 3 nitrogen and oxygen atoms in total. The van der Waals surface area contributed by atoms with Crippen LogP contribution in [0, 0.1) is 0 Å². The third kappa shape index (κ3) is 1.93. The van der Waals surface area contributed by atoms with E-state index in [-0.39, 0.29) is 5.91 Å². The maximum Gasteiger partial charge on any atom is 0.219 e. The van der Waals surface area contributed by atoms with Gasteiger partial charge in [-0.1, -0.05) is 0 Å². The second kappa shape index (κ2) is 3.22. The first-order valence-corrected chi connectivity index (χ1v) is 4.05. The summed E-state index contributed by atoms with van der Waals surface area (Å²) in [6, 6.07) is 0.610. The molecule has 0 aromatic carbocycles. The summed E-state index contributed by atoms with van der Waals surface area (Å²) in [6.45, 7) is 7.28. The van der Waals surface area contributed by atoms with Crippen molar-refractivity contribution in [1.82, 2.24) is 10.2 Å². The Morgan fingerprint density at radius 3 is 2.64 bits per heavy atom. The SMILES string of the molecule is CC(=O)N1C[C@H](C)[N]C[C@H]1C. The van der Waals surface area contributed by atoms with E-state index < -0.39 is 0 Å². The van der Waals surface area contributed by atoms with Gasteiger partial charge in [-0.3, -0.25) is 4.79 Å². The number of nitrogens with zero attached hydrogens (tertiary/aromatic N) is 2. The molecule has 11 heavy (non-hydrogen) atoms. The predicted molar refractivity (Wildman–Crippen MR) is 43.3 cm³/mol. The van der Waals surface area contributed by atoms with Gasteiger partial charge in [-0.05, 0) is 13.8 Å². The zero-order valence-corrected chi connectivity index (χ0v) is 7.37. The van der Waals surface area contributed by atoms with Crippen LogP contribution in [0.15, 0.2) is 0 Å². The topological polar surface area (TPSA) is 34.4 Å². The third-order valence-electron chi connectivity index (χ3n) is 2.08. The van der Waals surface area contributed by atoms with E-state index in [1.165, 1.54) is 0 Å². The summed E-state index contributed by atoms with van der Waals surface area (Å²) in [6.07, 6.45) is 0. The molecule has 0 saturated carbocycles. The van der Waals surface area contributed by atoms with E-state index in [1.54, 1.807) is 6.92 Å². The van der Waals surface area contributed by atoms with Crippen molar-refractivity contribution < 1.29 is 4.79 Å². The highest BCUT2D eigenvalue weighted by molar-refractivity contribution is 5.73. The highest BCUT2D eigenvalue weighted by Crippen LogP contribution is 2.07. The van der Waals surface area contributed by atoms with Gasteiger partial charge < -0.3 is 4.90 Å².